The lowest BCUT2D eigenvalue weighted by Crippen LogP contribution is -2.33. The molecule has 0 atom stereocenters. The maximum Gasteiger partial charge on any atom is 0.265 e. The molecule has 0 radical (unpaired) electrons. The molecule has 1 N–H and O–H groups in total. The molecule has 1 amide bonds. The summed E-state index contributed by atoms with van der Waals surface area (Å²) in [4.78, 5) is 13.9. The smallest absolute Gasteiger partial charge is 0.265 e. The van der Waals surface area contributed by atoms with Gasteiger partial charge in [0.2, 0.25) is 0 Å². The summed E-state index contributed by atoms with van der Waals surface area (Å²) < 4.78 is 0. The number of hydrogen-bond donors (Lipinski definition) is 1. The van der Waals surface area contributed by atoms with Crippen LogP contribution in [0.3, 0.4) is 0 Å². The molecule has 0 fully saturated rings. The molecule has 0 spiro atoms. The fourth-order valence-corrected chi connectivity index (χ4v) is 2.04. The molecule has 1 aromatic heterocycles. The van der Waals surface area contributed by atoms with E-state index >= 15 is 0 Å². The van der Waals surface area contributed by atoms with Crippen molar-refractivity contribution in [3.05, 3.63) is 21.9 Å². The van der Waals surface area contributed by atoms with E-state index in [0.29, 0.717) is 23.5 Å². The first-order valence-electron chi connectivity index (χ1n) is 4.62. The summed E-state index contributed by atoms with van der Waals surface area (Å²) in [5, 5.41) is 19.3. The molecule has 1 rings (SSSR count). The minimum atomic E-state index is -0.182. The third-order valence-electron chi connectivity index (χ3n) is 2.02. The average Bonchev–Trinajstić information content (AvgIpc) is 2.72. The van der Waals surface area contributed by atoms with Gasteiger partial charge in [0, 0.05) is 13.1 Å². The van der Waals surface area contributed by atoms with Gasteiger partial charge in [-0.1, -0.05) is 0 Å². The van der Waals surface area contributed by atoms with Gasteiger partial charge >= 0.3 is 0 Å². The minimum absolute atomic E-state index is 0.0627. The quantitative estimate of drug-likeness (QED) is 0.832. The van der Waals surface area contributed by atoms with Crippen molar-refractivity contribution in [3.8, 4) is 6.07 Å². The Bertz CT molecular complexity index is 381. The van der Waals surface area contributed by atoms with Gasteiger partial charge in [0.05, 0.1) is 12.2 Å². The highest BCUT2D eigenvalue weighted by Crippen LogP contribution is 2.17. The minimum Gasteiger partial charge on any atom is -0.395 e. The Morgan fingerprint density at radius 3 is 3.00 bits per heavy atom. The molecule has 1 heterocycles. The van der Waals surface area contributed by atoms with Crippen molar-refractivity contribution in [1.29, 1.82) is 5.26 Å². The first-order chi connectivity index (χ1) is 7.24. The SMILES string of the molecule is CCN(CCO)C(=O)c1sccc1C#N. The second-order valence-corrected chi connectivity index (χ2v) is 3.80. The highest BCUT2D eigenvalue weighted by Gasteiger charge is 2.18. The van der Waals surface area contributed by atoms with E-state index in [1.807, 2.05) is 13.0 Å². The van der Waals surface area contributed by atoms with Crippen LogP contribution in [0.15, 0.2) is 11.4 Å². The van der Waals surface area contributed by atoms with E-state index in [4.69, 9.17) is 10.4 Å². The number of carbonyl (C=O) groups is 1. The van der Waals surface area contributed by atoms with E-state index < -0.39 is 0 Å². The fraction of sp³-hybridized carbons (Fsp3) is 0.400. The highest BCUT2D eigenvalue weighted by atomic mass is 32.1. The lowest BCUT2D eigenvalue weighted by Gasteiger charge is -2.18. The summed E-state index contributed by atoms with van der Waals surface area (Å²) in [6.07, 6.45) is 0. The van der Waals surface area contributed by atoms with Crippen LogP contribution in [0.2, 0.25) is 0 Å². The number of nitrogens with zero attached hydrogens (tertiary/aromatic N) is 2. The lowest BCUT2D eigenvalue weighted by atomic mass is 10.2. The summed E-state index contributed by atoms with van der Waals surface area (Å²) >= 11 is 1.26. The van der Waals surface area contributed by atoms with Gasteiger partial charge < -0.3 is 10.0 Å². The topological polar surface area (TPSA) is 64.3 Å². The zero-order valence-corrected chi connectivity index (χ0v) is 9.25. The number of aliphatic hydroxyl groups excluding tert-OH is 1. The Balaban J connectivity index is 2.88. The summed E-state index contributed by atoms with van der Waals surface area (Å²) in [5.74, 6) is -0.182. The average molecular weight is 224 g/mol. The maximum absolute atomic E-state index is 11.9. The number of hydrogen-bond acceptors (Lipinski definition) is 4. The Kier molecular flexibility index (Phi) is 4.28. The normalized spacial score (nSPS) is 9.67. The van der Waals surface area contributed by atoms with E-state index in [2.05, 4.69) is 0 Å². The fourth-order valence-electron chi connectivity index (χ4n) is 1.23. The molecule has 0 saturated heterocycles. The number of carbonyl (C=O) groups excluding carboxylic acids is 1. The zero-order valence-electron chi connectivity index (χ0n) is 8.43. The van der Waals surface area contributed by atoms with Crippen LogP contribution in [0, 0.1) is 11.3 Å². The largest absolute Gasteiger partial charge is 0.395 e. The van der Waals surface area contributed by atoms with E-state index in [0.717, 1.165) is 0 Å². The molecule has 4 nitrogen and oxygen atoms in total. The number of thiophene rings is 1. The number of amides is 1. The molecular weight excluding hydrogens is 212 g/mol. The van der Waals surface area contributed by atoms with Gasteiger partial charge in [-0.25, -0.2) is 0 Å². The monoisotopic (exact) mass is 224 g/mol. The molecule has 0 aliphatic carbocycles. The number of aliphatic hydroxyl groups is 1. The van der Waals surface area contributed by atoms with Gasteiger partial charge in [0.1, 0.15) is 10.9 Å². The van der Waals surface area contributed by atoms with Crippen LogP contribution in [0.1, 0.15) is 22.2 Å². The first kappa shape index (κ1) is 11.7. The molecule has 1 aromatic rings. The summed E-state index contributed by atoms with van der Waals surface area (Å²) in [6, 6.07) is 3.61. The predicted molar refractivity (Wildman–Crippen MR) is 57.7 cm³/mol. The Hall–Kier alpha value is -1.38. The van der Waals surface area contributed by atoms with Gasteiger partial charge in [-0.15, -0.1) is 11.3 Å². The summed E-state index contributed by atoms with van der Waals surface area (Å²) in [6.45, 7) is 2.61. The van der Waals surface area contributed by atoms with E-state index in [9.17, 15) is 4.79 Å². The van der Waals surface area contributed by atoms with E-state index in [-0.39, 0.29) is 12.5 Å². The molecule has 0 saturated carbocycles. The Morgan fingerprint density at radius 1 is 1.73 bits per heavy atom. The molecule has 0 aliphatic rings. The third kappa shape index (κ3) is 2.55. The standard InChI is InChI=1S/C10H12N2O2S/c1-2-12(4-5-13)10(14)9-8(7-11)3-6-15-9/h3,6,13H,2,4-5H2,1H3. The molecule has 80 valence electrons. The number of likely N-dealkylation sites (N-methyl/N-ethyl adjacent to an activating group) is 1. The molecule has 0 aliphatic heterocycles. The van der Waals surface area contributed by atoms with Crippen LogP contribution in [-0.4, -0.2) is 35.6 Å². The van der Waals surface area contributed by atoms with Crippen molar-refractivity contribution in [2.24, 2.45) is 0 Å². The van der Waals surface area contributed by atoms with Crippen LogP contribution in [0.4, 0.5) is 0 Å². The van der Waals surface area contributed by atoms with Crippen LogP contribution in [0.5, 0.6) is 0 Å². The third-order valence-corrected chi connectivity index (χ3v) is 2.92. The molecule has 0 unspecified atom stereocenters. The van der Waals surface area contributed by atoms with E-state index in [1.54, 1.807) is 11.4 Å². The van der Waals surface area contributed by atoms with Crippen LogP contribution in [-0.2, 0) is 0 Å². The first-order valence-corrected chi connectivity index (χ1v) is 5.50. The Morgan fingerprint density at radius 2 is 2.47 bits per heavy atom. The van der Waals surface area contributed by atoms with Gasteiger partial charge in [-0.05, 0) is 18.4 Å². The van der Waals surface area contributed by atoms with Crippen LogP contribution in [0.25, 0.3) is 0 Å². The van der Waals surface area contributed by atoms with E-state index in [1.165, 1.54) is 16.2 Å². The maximum atomic E-state index is 11.9. The van der Waals surface area contributed by atoms with Crippen molar-refractivity contribution >= 4 is 17.2 Å². The number of rotatable bonds is 4. The highest BCUT2D eigenvalue weighted by molar-refractivity contribution is 7.12. The van der Waals surface area contributed by atoms with Crippen molar-refractivity contribution in [1.82, 2.24) is 4.90 Å². The van der Waals surface area contributed by atoms with Gasteiger partial charge in [-0.2, -0.15) is 5.26 Å². The second-order valence-electron chi connectivity index (χ2n) is 2.88. The zero-order chi connectivity index (χ0) is 11.3. The molecule has 0 aromatic carbocycles. The lowest BCUT2D eigenvalue weighted by molar-refractivity contribution is 0.0736. The second kappa shape index (κ2) is 5.49. The van der Waals surface area contributed by atoms with Crippen LogP contribution >= 0.6 is 11.3 Å². The predicted octanol–water partition coefficient (Wildman–Crippen LogP) is 1.07. The van der Waals surface area contributed by atoms with Crippen LogP contribution < -0.4 is 0 Å². The van der Waals surface area contributed by atoms with Crippen molar-refractivity contribution in [3.63, 3.8) is 0 Å². The van der Waals surface area contributed by atoms with Gasteiger partial charge in [0.25, 0.3) is 5.91 Å². The molecule has 0 bridgehead atoms. The molecular formula is C10H12N2O2S. The molecule has 5 heteroatoms. The summed E-state index contributed by atoms with van der Waals surface area (Å²) in [7, 11) is 0. The van der Waals surface area contributed by atoms with Gasteiger partial charge in [-0.3, -0.25) is 4.79 Å². The Labute approximate surface area is 92.4 Å². The number of nitriles is 1. The molecule has 15 heavy (non-hydrogen) atoms. The summed E-state index contributed by atoms with van der Waals surface area (Å²) in [5.41, 5.74) is 0.404. The van der Waals surface area contributed by atoms with Gasteiger partial charge in [0.15, 0.2) is 0 Å². The van der Waals surface area contributed by atoms with Crippen molar-refractivity contribution in [2.75, 3.05) is 19.7 Å². The van der Waals surface area contributed by atoms with Crippen molar-refractivity contribution < 1.29 is 9.90 Å². The van der Waals surface area contributed by atoms with Crippen molar-refractivity contribution in [2.45, 2.75) is 6.92 Å².